The first kappa shape index (κ1) is 31.3. The molecule has 224 valence electrons. The predicted octanol–water partition coefficient (Wildman–Crippen LogP) is 3.22. The number of carbonyl (C=O) groups excluding carboxylic acids is 2. The molecule has 10 nitrogen and oxygen atoms in total. The highest BCUT2D eigenvalue weighted by molar-refractivity contribution is 7.91. The fourth-order valence-corrected chi connectivity index (χ4v) is 5.49. The van der Waals surface area contributed by atoms with Crippen molar-refractivity contribution in [3.8, 4) is 0 Å². The molecule has 11 heteroatoms. The van der Waals surface area contributed by atoms with Gasteiger partial charge in [-0.05, 0) is 44.0 Å². The number of hydrogen-bond acceptors (Lipinski definition) is 9. The summed E-state index contributed by atoms with van der Waals surface area (Å²) in [5, 5.41) is 13.0. The molecule has 4 atom stereocenters. The molecule has 0 spiro atoms. The number of aliphatic hydroxyl groups is 1. The number of esters is 1. The van der Waals surface area contributed by atoms with Crippen LogP contribution < -0.4 is 5.32 Å². The molecular weight excluding hydrogens is 562 g/mol. The van der Waals surface area contributed by atoms with Crippen LogP contribution in [0.3, 0.4) is 0 Å². The molecule has 1 aliphatic heterocycles. The van der Waals surface area contributed by atoms with E-state index in [0.29, 0.717) is 0 Å². The average molecular weight is 598 g/mol. The molecule has 2 N–H and O–H groups in total. The van der Waals surface area contributed by atoms with Gasteiger partial charge in [-0.3, -0.25) is 4.79 Å². The zero-order valence-electron chi connectivity index (χ0n) is 23.6. The van der Waals surface area contributed by atoms with Crippen molar-refractivity contribution in [2.45, 2.75) is 62.5 Å². The third-order valence-electron chi connectivity index (χ3n) is 6.57. The fraction of sp³-hybridized carbons (Fsp3) is 0.355. The van der Waals surface area contributed by atoms with Crippen LogP contribution in [-0.4, -0.2) is 62.0 Å². The second-order valence-electron chi connectivity index (χ2n) is 10.4. The van der Waals surface area contributed by atoms with Crippen molar-refractivity contribution in [1.29, 1.82) is 0 Å². The number of sulfone groups is 1. The summed E-state index contributed by atoms with van der Waals surface area (Å²) in [6.45, 7) is 5.33. The van der Waals surface area contributed by atoms with Gasteiger partial charge in [-0.2, -0.15) is 0 Å². The standard InChI is InChI=1S/C31H35NO9S/c1-21-14-16-24(17-15-21)42(36,37)20-32-29(34)28(39-30(35)26(33)23-12-8-5-9-13-23)27-25(40-31(2,3)41-27)19-38-18-22-10-6-4-7-11-22/h4-17,25-28,33H,18-20H2,1-3H3,(H,32,34)/t25-,26-,27+,28?/m0/s1. The van der Waals surface area contributed by atoms with Crippen LogP contribution in [0.5, 0.6) is 0 Å². The SMILES string of the molecule is Cc1ccc(S(=O)(=O)CNC(=O)C(OC(=O)[C@@H](O)c2ccccc2)[C@@H]2OC(C)(C)O[C@H]2COCc2ccccc2)cc1. The molecule has 42 heavy (non-hydrogen) atoms. The Bertz CT molecular complexity index is 1440. The number of hydrogen-bond donors (Lipinski definition) is 2. The maximum absolute atomic E-state index is 13.5. The quantitative estimate of drug-likeness (QED) is 0.302. The Morgan fingerprint density at radius 3 is 2.21 bits per heavy atom. The molecule has 0 aromatic heterocycles. The summed E-state index contributed by atoms with van der Waals surface area (Å²) in [5.74, 6) is -3.97. The highest BCUT2D eigenvalue weighted by atomic mass is 32.2. The van der Waals surface area contributed by atoms with E-state index in [1.807, 2.05) is 37.3 Å². The Labute approximate surface area is 245 Å². The monoisotopic (exact) mass is 597 g/mol. The van der Waals surface area contributed by atoms with Gasteiger partial charge in [0.2, 0.25) is 6.10 Å². The minimum Gasteiger partial charge on any atom is -0.447 e. The summed E-state index contributed by atoms with van der Waals surface area (Å²) in [6, 6.07) is 23.7. The van der Waals surface area contributed by atoms with Crippen LogP contribution in [0.4, 0.5) is 0 Å². The molecule has 1 fully saturated rings. The zero-order chi connectivity index (χ0) is 30.3. The van der Waals surface area contributed by atoms with Crippen molar-refractivity contribution >= 4 is 21.7 Å². The number of aliphatic hydroxyl groups excluding tert-OH is 1. The van der Waals surface area contributed by atoms with Crippen molar-refractivity contribution in [2.24, 2.45) is 0 Å². The van der Waals surface area contributed by atoms with Crippen molar-refractivity contribution in [1.82, 2.24) is 5.32 Å². The van der Waals surface area contributed by atoms with Gasteiger partial charge in [-0.25, -0.2) is 13.2 Å². The topological polar surface area (TPSA) is 137 Å². The molecule has 1 heterocycles. The first-order valence-corrected chi connectivity index (χ1v) is 15.1. The van der Waals surface area contributed by atoms with Gasteiger partial charge < -0.3 is 29.4 Å². The summed E-state index contributed by atoms with van der Waals surface area (Å²) >= 11 is 0. The third kappa shape index (κ3) is 8.24. The van der Waals surface area contributed by atoms with Crippen molar-refractivity contribution in [3.05, 3.63) is 102 Å². The number of nitrogens with one attached hydrogen (secondary N) is 1. The van der Waals surface area contributed by atoms with E-state index in [0.717, 1.165) is 11.1 Å². The number of rotatable bonds is 12. The molecule has 0 aliphatic carbocycles. The molecule has 1 unspecified atom stereocenters. The van der Waals surface area contributed by atoms with Crippen LogP contribution in [0.2, 0.25) is 0 Å². The largest absolute Gasteiger partial charge is 0.447 e. The molecular formula is C31H35NO9S. The molecule has 1 amide bonds. The van der Waals surface area contributed by atoms with E-state index in [4.69, 9.17) is 18.9 Å². The summed E-state index contributed by atoms with van der Waals surface area (Å²) in [4.78, 5) is 26.6. The van der Waals surface area contributed by atoms with Gasteiger partial charge in [0.25, 0.3) is 5.91 Å². The lowest BCUT2D eigenvalue weighted by Crippen LogP contribution is -2.51. The lowest BCUT2D eigenvalue weighted by molar-refractivity contribution is -0.181. The van der Waals surface area contributed by atoms with Crippen LogP contribution in [0.15, 0.2) is 89.8 Å². The number of carbonyl (C=O) groups is 2. The Morgan fingerprint density at radius 2 is 1.57 bits per heavy atom. The molecule has 4 rings (SSSR count). The molecule has 0 saturated carbocycles. The van der Waals surface area contributed by atoms with Crippen LogP contribution in [0, 0.1) is 6.92 Å². The van der Waals surface area contributed by atoms with Gasteiger partial charge in [-0.15, -0.1) is 0 Å². The van der Waals surface area contributed by atoms with Crippen molar-refractivity contribution < 1.29 is 42.1 Å². The van der Waals surface area contributed by atoms with Gasteiger partial charge in [0.1, 0.15) is 18.1 Å². The van der Waals surface area contributed by atoms with E-state index >= 15 is 0 Å². The second kappa shape index (κ2) is 13.6. The lowest BCUT2D eigenvalue weighted by atomic mass is 10.1. The molecule has 3 aromatic carbocycles. The van der Waals surface area contributed by atoms with E-state index in [2.05, 4.69) is 5.32 Å². The van der Waals surface area contributed by atoms with E-state index in [1.54, 1.807) is 44.2 Å². The van der Waals surface area contributed by atoms with E-state index in [-0.39, 0.29) is 23.7 Å². The van der Waals surface area contributed by atoms with Crippen molar-refractivity contribution in [2.75, 3.05) is 12.5 Å². The van der Waals surface area contributed by atoms with Gasteiger partial charge in [-0.1, -0.05) is 78.4 Å². The first-order chi connectivity index (χ1) is 19.9. The van der Waals surface area contributed by atoms with Crippen molar-refractivity contribution in [3.63, 3.8) is 0 Å². The van der Waals surface area contributed by atoms with Crippen LogP contribution in [-0.2, 0) is 45.0 Å². The van der Waals surface area contributed by atoms with E-state index in [1.165, 1.54) is 24.3 Å². The van der Waals surface area contributed by atoms with Gasteiger partial charge >= 0.3 is 5.97 Å². The maximum Gasteiger partial charge on any atom is 0.340 e. The number of benzene rings is 3. The fourth-order valence-electron chi connectivity index (χ4n) is 4.44. The Kier molecular flexibility index (Phi) is 10.1. The normalized spacial score (nSPS) is 19.5. The molecule has 1 aliphatic rings. The minimum atomic E-state index is -3.92. The highest BCUT2D eigenvalue weighted by Crippen LogP contribution is 2.32. The molecule has 1 saturated heterocycles. The van der Waals surface area contributed by atoms with Gasteiger partial charge in [0.05, 0.1) is 18.1 Å². The van der Waals surface area contributed by atoms with E-state index < -0.39 is 57.8 Å². The average Bonchev–Trinajstić information content (AvgIpc) is 3.29. The molecule has 3 aromatic rings. The Morgan fingerprint density at radius 1 is 0.952 bits per heavy atom. The number of amides is 1. The Balaban J connectivity index is 1.54. The van der Waals surface area contributed by atoms with E-state index in [9.17, 15) is 23.1 Å². The first-order valence-electron chi connectivity index (χ1n) is 13.4. The third-order valence-corrected chi connectivity index (χ3v) is 8.08. The minimum absolute atomic E-state index is 0.0206. The van der Waals surface area contributed by atoms with Crippen LogP contribution >= 0.6 is 0 Å². The van der Waals surface area contributed by atoms with Gasteiger partial charge in [0, 0.05) is 0 Å². The summed E-state index contributed by atoms with van der Waals surface area (Å²) < 4.78 is 49.2. The lowest BCUT2D eigenvalue weighted by Gasteiger charge is -2.26. The Hall–Kier alpha value is -3.61. The summed E-state index contributed by atoms with van der Waals surface area (Å²) in [5.41, 5.74) is 2.05. The zero-order valence-corrected chi connectivity index (χ0v) is 24.5. The maximum atomic E-state index is 13.5. The van der Waals surface area contributed by atoms with Crippen LogP contribution in [0.25, 0.3) is 0 Å². The molecule has 0 radical (unpaired) electrons. The predicted molar refractivity (Wildman–Crippen MR) is 153 cm³/mol. The highest BCUT2D eigenvalue weighted by Gasteiger charge is 2.50. The smallest absolute Gasteiger partial charge is 0.340 e. The number of aryl methyl sites for hydroxylation is 1. The summed E-state index contributed by atoms with van der Waals surface area (Å²) in [7, 11) is -3.92. The number of ether oxygens (including phenoxy) is 4. The van der Waals surface area contributed by atoms with Gasteiger partial charge in [0.15, 0.2) is 21.7 Å². The van der Waals surface area contributed by atoms with Crippen LogP contribution in [0.1, 0.15) is 36.6 Å². The second-order valence-corrected chi connectivity index (χ2v) is 12.4. The summed E-state index contributed by atoms with van der Waals surface area (Å²) in [6.07, 6.45) is -5.41. The molecule has 0 bridgehead atoms.